The number of imidazole rings is 1. The molecule has 10 heteroatoms. The normalized spacial score (nSPS) is 17.6. The topological polar surface area (TPSA) is 98.6 Å². The molecule has 1 aromatic carbocycles. The zero-order valence-electron chi connectivity index (χ0n) is 20.8. The third kappa shape index (κ3) is 5.99. The number of carbonyl (C=O) groups excluding carboxylic acids is 2. The number of ether oxygens (including phenoxy) is 2. The van der Waals surface area contributed by atoms with Gasteiger partial charge in [0.05, 0.1) is 17.8 Å². The molecule has 1 fully saturated rings. The maximum atomic E-state index is 13.8. The molecule has 3 heterocycles. The minimum Gasteiger partial charge on any atom is -0.445 e. The van der Waals surface area contributed by atoms with Crippen LogP contribution >= 0.6 is 0 Å². The first-order valence-electron chi connectivity index (χ1n) is 11.7. The van der Waals surface area contributed by atoms with Crippen molar-refractivity contribution in [3.63, 3.8) is 0 Å². The van der Waals surface area contributed by atoms with Gasteiger partial charge in [-0.05, 0) is 51.8 Å². The first-order chi connectivity index (χ1) is 17.1. The standard InChI is InChI=1S/C26H30FN5O4/c1-17-20(27)10-11-22(29-17)31-13-12-28-23(31)21-14-19(15-32(21)25(34)36-26(2,3)4)30-24(33)35-16-18-8-6-5-7-9-18/h5-13,19,21H,14-16H2,1-4H3,(H,30,33)/t19-,21-/m0/s1. The number of amides is 2. The fourth-order valence-electron chi connectivity index (χ4n) is 4.06. The third-order valence-electron chi connectivity index (χ3n) is 5.68. The van der Waals surface area contributed by atoms with E-state index in [0.29, 0.717) is 18.1 Å². The second-order valence-corrected chi connectivity index (χ2v) is 9.68. The summed E-state index contributed by atoms with van der Waals surface area (Å²) < 4.78 is 26.5. The van der Waals surface area contributed by atoms with Crippen molar-refractivity contribution in [1.82, 2.24) is 24.8 Å². The number of alkyl carbamates (subject to hydrolysis) is 1. The van der Waals surface area contributed by atoms with Gasteiger partial charge in [0.25, 0.3) is 0 Å². The Balaban J connectivity index is 1.54. The Morgan fingerprint density at radius 1 is 1.17 bits per heavy atom. The molecule has 1 N–H and O–H groups in total. The van der Waals surface area contributed by atoms with E-state index in [9.17, 15) is 14.0 Å². The van der Waals surface area contributed by atoms with E-state index < -0.39 is 29.6 Å². The molecule has 2 amide bonds. The number of benzene rings is 1. The SMILES string of the molecule is Cc1nc(-n2ccnc2[C@@H]2C[C@H](NC(=O)OCc3ccccc3)CN2C(=O)OC(C)(C)C)ccc1F. The highest BCUT2D eigenvalue weighted by Gasteiger charge is 2.41. The number of aromatic nitrogens is 3. The summed E-state index contributed by atoms with van der Waals surface area (Å²) in [6, 6.07) is 11.4. The van der Waals surface area contributed by atoms with Crippen LogP contribution in [0.15, 0.2) is 54.9 Å². The number of hydrogen-bond donors (Lipinski definition) is 1. The van der Waals surface area contributed by atoms with E-state index in [1.54, 1.807) is 55.6 Å². The number of pyridine rings is 1. The Kier molecular flexibility index (Phi) is 7.23. The maximum absolute atomic E-state index is 13.8. The average molecular weight is 496 g/mol. The molecule has 1 aliphatic rings. The van der Waals surface area contributed by atoms with Crippen LogP contribution < -0.4 is 5.32 Å². The van der Waals surface area contributed by atoms with E-state index in [2.05, 4.69) is 15.3 Å². The van der Waals surface area contributed by atoms with Crippen molar-refractivity contribution in [2.75, 3.05) is 6.54 Å². The van der Waals surface area contributed by atoms with Gasteiger partial charge in [0.2, 0.25) is 0 Å². The van der Waals surface area contributed by atoms with E-state index in [-0.39, 0.29) is 24.9 Å². The van der Waals surface area contributed by atoms with Gasteiger partial charge in [-0.1, -0.05) is 30.3 Å². The van der Waals surface area contributed by atoms with E-state index >= 15 is 0 Å². The molecule has 4 rings (SSSR count). The van der Waals surface area contributed by atoms with Crippen LogP contribution in [0.5, 0.6) is 0 Å². The molecular weight excluding hydrogens is 465 g/mol. The van der Waals surface area contributed by atoms with Crippen molar-refractivity contribution in [3.8, 4) is 5.82 Å². The molecule has 0 saturated carbocycles. The van der Waals surface area contributed by atoms with Crippen LogP contribution in [0.1, 0.15) is 50.3 Å². The number of carbonyl (C=O) groups is 2. The van der Waals surface area contributed by atoms with Crippen LogP contribution in [0.25, 0.3) is 5.82 Å². The predicted molar refractivity (Wildman–Crippen MR) is 130 cm³/mol. The molecule has 1 saturated heterocycles. The van der Waals surface area contributed by atoms with Crippen LogP contribution in [0.4, 0.5) is 14.0 Å². The molecule has 1 aliphatic heterocycles. The Morgan fingerprint density at radius 3 is 2.61 bits per heavy atom. The highest BCUT2D eigenvalue weighted by molar-refractivity contribution is 5.71. The van der Waals surface area contributed by atoms with E-state index in [1.807, 2.05) is 30.3 Å². The van der Waals surface area contributed by atoms with Gasteiger partial charge in [-0.15, -0.1) is 0 Å². The molecule has 2 aromatic heterocycles. The van der Waals surface area contributed by atoms with Gasteiger partial charge in [0.15, 0.2) is 0 Å². The summed E-state index contributed by atoms with van der Waals surface area (Å²) in [5, 5.41) is 2.85. The second-order valence-electron chi connectivity index (χ2n) is 9.68. The Bertz CT molecular complexity index is 1220. The highest BCUT2D eigenvalue weighted by atomic mass is 19.1. The fourth-order valence-corrected chi connectivity index (χ4v) is 4.06. The van der Waals surface area contributed by atoms with Crippen molar-refractivity contribution in [2.24, 2.45) is 0 Å². The van der Waals surface area contributed by atoms with Crippen LogP contribution in [0.3, 0.4) is 0 Å². The first-order valence-corrected chi connectivity index (χ1v) is 11.7. The van der Waals surface area contributed by atoms with Gasteiger partial charge in [0, 0.05) is 18.9 Å². The van der Waals surface area contributed by atoms with Crippen molar-refractivity contribution in [2.45, 2.75) is 58.4 Å². The minimum absolute atomic E-state index is 0.137. The Morgan fingerprint density at radius 2 is 1.92 bits per heavy atom. The largest absolute Gasteiger partial charge is 0.445 e. The van der Waals surface area contributed by atoms with Crippen molar-refractivity contribution in [3.05, 3.63) is 77.8 Å². The summed E-state index contributed by atoms with van der Waals surface area (Å²) in [4.78, 5) is 36.0. The zero-order chi connectivity index (χ0) is 25.9. The van der Waals surface area contributed by atoms with E-state index in [0.717, 1.165) is 5.56 Å². The van der Waals surface area contributed by atoms with Gasteiger partial charge in [-0.25, -0.2) is 23.9 Å². The van der Waals surface area contributed by atoms with E-state index in [1.165, 1.54) is 6.07 Å². The van der Waals surface area contributed by atoms with Crippen LogP contribution in [-0.2, 0) is 16.1 Å². The molecule has 0 aliphatic carbocycles. The summed E-state index contributed by atoms with van der Waals surface area (Å²) in [6.07, 6.45) is 2.59. The highest BCUT2D eigenvalue weighted by Crippen LogP contribution is 2.34. The number of aryl methyl sites for hydroxylation is 1. The number of hydrogen-bond acceptors (Lipinski definition) is 6. The van der Waals surface area contributed by atoms with Crippen molar-refractivity contribution >= 4 is 12.2 Å². The van der Waals surface area contributed by atoms with Gasteiger partial charge in [-0.3, -0.25) is 9.47 Å². The third-order valence-corrected chi connectivity index (χ3v) is 5.68. The molecule has 190 valence electrons. The van der Waals surface area contributed by atoms with Crippen LogP contribution in [-0.4, -0.2) is 49.8 Å². The number of rotatable bonds is 5. The Labute approximate surface area is 209 Å². The van der Waals surface area contributed by atoms with E-state index in [4.69, 9.17) is 9.47 Å². The number of nitrogens with one attached hydrogen (secondary N) is 1. The van der Waals surface area contributed by atoms with Gasteiger partial charge >= 0.3 is 12.2 Å². The van der Waals surface area contributed by atoms with Gasteiger partial charge < -0.3 is 14.8 Å². The molecule has 0 spiro atoms. The summed E-state index contributed by atoms with van der Waals surface area (Å²) in [5.74, 6) is 0.598. The molecule has 0 unspecified atom stereocenters. The van der Waals surface area contributed by atoms with Crippen LogP contribution in [0.2, 0.25) is 0 Å². The molecule has 36 heavy (non-hydrogen) atoms. The monoisotopic (exact) mass is 495 g/mol. The lowest BCUT2D eigenvalue weighted by atomic mass is 10.1. The van der Waals surface area contributed by atoms with Crippen LogP contribution in [0, 0.1) is 12.7 Å². The molecule has 0 radical (unpaired) electrons. The minimum atomic E-state index is -0.702. The second kappa shape index (κ2) is 10.3. The van der Waals surface area contributed by atoms with Crippen molar-refractivity contribution < 1.29 is 23.5 Å². The lowest BCUT2D eigenvalue weighted by Gasteiger charge is -2.28. The summed E-state index contributed by atoms with van der Waals surface area (Å²) in [5.41, 5.74) is 0.423. The predicted octanol–water partition coefficient (Wildman–Crippen LogP) is 4.69. The number of nitrogens with zero attached hydrogens (tertiary/aromatic N) is 4. The zero-order valence-corrected chi connectivity index (χ0v) is 20.8. The number of likely N-dealkylation sites (tertiary alicyclic amines) is 1. The molecule has 3 aromatic rings. The van der Waals surface area contributed by atoms with Gasteiger partial charge in [-0.2, -0.15) is 0 Å². The lowest BCUT2D eigenvalue weighted by Crippen LogP contribution is -2.41. The summed E-state index contributed by atoms with van der Waals surface area (Å²) in [7, 11) is 0. The van der Waals surface area contributed by atoms with Gasteiger partial charge in [0.1, 0.15) is 29.7 Å². The summed E-state index contributed by atoms with van der Waals surface area (Å²) in [6.45, 7) is 7.30. The number of halogens is 1. The molecular formula is C26H30FN5O4. The molecule has 0 bridgehead atoms. The molecule has 9 nitrogen and oxygen atoms in total. The lowest BCUT2D eigenvalue weighted by molar-refractivity contribution is 0.0213. The summed E-state index contributed by atoms with van der Waals surface area (Å²) >= 11 is 0. The average Bonchev–Trinajstić information content (AvgIpc) is 3.46. The Hall–Kier alpha value is -3.95. The quantitative estimate of drug-likeness (QED) is 0.551. The van der Waals surface area contributed by atoms with Crippen molar-refractivity contribution in [1.29, 1.82) is 0 Å². The first kappa shape index (κ1) is 25.2. The molecule has 2 atom stereocenters. The smallest absolute Gasteiger partial charge is 0.410 e. The fraction of sp³-hybridized carbons (Fsp3) is 0.385. The maximum Gasteiger partial charge on any atom is 0.410 e.